The van der Waals surface area contributed by atoms with Crippen molar-refractivity contribution in [3.8, 4) is 0 Å². The minimum atomic E-state index is -0.876. The molecule has 0 unspecified atom stereocenters. The Labute approximate surface area is 127 Å². The molecule has 1 amide bonds. The fourth-order valence-corrected chi connectivity index (χ4v) is 3.35. The van der Waals surface area contributed by atoms with E-state index < -0.39 is 11.5 Å². The molecule has 5 heteroatoms. The number of hydrogen-bond acceptors (Lipinski definition) is 3. The molecule has 1 aliphatic heterocycles. The number of carboxylic acid groups (broad SMARTS) is 1. The van der Waals surface area contributed by atoms with E-state index in [1.807, 2.05) is 0 Å². The minimum Gasteiger partial charge on any atom is -0.481 e. The number of ether oxygens (including phenoxy) is 1. The molecule has 1 fully saturated rings. The van der Waals surface area contributed by atoms with Gasteiger partial charge in [0.15, 0.2) is 0 Å². The smallest absolute Gasteiger partial charge is 0.305 e. The quantitative estimate of drug-likeness (QED) is 0.757. The van der Waals surface area contributed by atoms with Gasteiger partial charge in [-0.25, -0.2) is 0 Å². The van der Waals surface area contributed by atoms with Gasteiger partial charge >= 0.3 is 5.97 Å². The summed E-state index contributed by atoms with van der Waals surface area (Å²) in [6.45, 7) is 9.46. The van der Waals surface area contributed by atoms with Crippen molar-refractivity contribution in [1.29, 1.82) is 0 Å². The van der Waals surface area contributed by atoms with Crippen LogP contribution in [0.3, 0.4) is 0 Å². The van der Waals surface area contributed by atoms with E-state index in [9.17, 15) is 9.59 Å². The fourth-order valence-electron chi connectivity index (χ4n) is 3.35. The summed E-state index contributed by atoms with van der Waals surface area (Å²) >= 11 is 0. The van der Waals surface area contributed by atoms with Crippen molar-refractivity contribution in [2.45, 2.75) is 65.3 Å². The van der Waals surface area contributed by atoms with Crippen LogP contribution >= 0.6 is 0 Å². The number of amides is 1. The number of hydrogen-bond donors (Lipinski definition) is 2. The summed E-state index contributed by atoms with van der Waals surface area (Å²) in [5, 5.41) is 12.1. The van der Waals surface area contributed by atoms with E-state index >= 15 is 0 Å². The summed E-state index contributed by atoms with van der Waals surface area (Å²) in [4.78, 5) is 23.4. The van der Waals surface area contributed by atoms with Gasteiger partial charge in [0.25, 0.3) is 0 Å². The van der Waals surface area contributed by atoms with Crippen LogP contribution in [-0.2, 0) is 14.3 Å². The number of carbonyl (C=O) groups excluding carboxylic acids is 1. The second-order valence-electron chi connectivity index (χ2n) is 7.45. The Morgan fingerprint density at radius 2 is 1.86 bits per heavy atom. The topological polar surface area (TPSA) is 75.6 Å². The van der Waals surface area contributed by atoms with Crippen molar-refractivity contribution in [2.24, 2.45) is 11.3 Å². The molecule has 5 nitrogen and oxygen atoms in total. The second kappa shape index (κ2) is 7.25. The lowest BCUT2D eigenvalue weighted by Gasteiger charge is -2.38. The molecular weight excluding hydrogens is 270 g/mol. The summed E-state index contributed by atoms with van der Waals surface area (Å²) < 4.78 is 5.30. The summed E-state index contributed by atoms with van der Waals surface area (Å²) in [5.41, 5.74) is -0.719. The van der Waals surface area contributed by atoms with E-state index in [1.165, 1.54) is 0 Å². The normalized spacial score (nSPS) is 18.5. The van der Waals surface area contributed by atoms with Crippen LogP contribution < -0.4 is 5.32 Å². The number of nitrogens with one attached hydrogen (secondary N) is 1. The summed E-state index contributed by atoms with van der Waals surface area (Å²) in [6.07, 6.45) is 2.49. The molecule has 122 valence electrons. The van der Waals surface area contributed by atoms with Crippen molar-refractivity contribution in [3.05, 3.63) is 0 Å². The van der Waals surface area contributed by atoms with E-state index in [4.69, 9.17) is 9.84 Å². The molecule has 1 aliphatic rings. The largest absolute Gasteiger partial charge is 0.481 e. The van der Waals surface area contributed by atoms with E-state index in [0.29, 0.717) is 38.4 Å². The molecule has 21 heavy (non-hydrogen) atoms. The molecule has 0 spiro atoms. The highest BCUT2D eigenvalue weighted by molar-refractivity contribution is 5.79. The predicted molar refractivity (Wildman–Crippen MR) is 81.0 cm³/mol. The molecule has 0 aromatic heterocycles. The Morgan fingerprint density at radius 1 is 1.29 bits per heavy atom. The summed E-state index contributed by atoms with van der Waals surface area (Å²) in [5.74, 6) is -0.397. The lowest BCUT2D eigenvalue weighted by molar-refractivity contribution is -0.140. The van der Waals surface area contributed by atoms with Gasteiger partial charge < -0.3 is 15.2 Å². The molecule has 0 bridgehead atoms. The van der Waals surface area contributed by atoms with Gasteiger partial charge in [0.1, 0.15) is 0 Å². The van der Waals surface area contributed by atoms with Crippen LogP contribution in [0.5, 0.6) is 0 Å². The Kier molecular flexibility index (Phi) is 6.20. The Morgan fingerprint density at radius 3 is 2.33 bits per heavy atom. The molecule has 1 rings (SSSR count). The molecule has 0 aliphatic carbocycles. The van der Waals surface area contributed by atoms with Crippen LogP contribution in [0.15, 0.2) is 0 Å². The third kappa shape index (κ3) is 6.46. The Bertz CT molecular complexity index is 370. The zero-order valence-electron chi connectivity index (χ0n) is 13.7. The lowest BCUT2D eigenvalue weighted by atomic mass is 9.80. The number of carboxylic acids is 1. The molecule has 0 saturated carbocycles. The maximum atomic E-state index is 12.4. The molecule has 0 aromatic carbocycles. The van der Waals surface area contributed by atoms with Gasteiger partial charge in [-0.1, -0.05) is 27.7 Å². The van der Waals surface area contributed by atoms with Gasteiger partial charge in [-0.2, -0.15) is 0 Å². The van der Waals surface area contributed by atoms with Crippen molar-refractivity contribution in [3.63, 3.8) is 0 Å². The average molecular weight is 299 g/mol. The highest BCUT2D eigenvalue weighted by Crippen LogP contribution is 2.30. The maximum absolute atomic E-state index is 12.4. The van der Waals surface area contributed by atoms with Crippen molar-refractivity contribution < 1.29 is 19.4 Å². The number of aliphatic carboxylic acids is 1. The zero-order chi connectivity index (χ0) is 16.1. The van der Waals surface area contributed by atoms with Gasteiger partial charge in [0.2, 0.25) is 5.91 Å². The molecular formula is C16H29NO4. The van der Waals surface area contributed by atoms with E-state index in [1.54, 1.807) is 0 Å². The summed E-state index contributed by atoms with van der Waals surface area (Å²) in [7, 11) is 0. The third-order valence-electron chi connectivity index (χ3n) is 3.94. The molecule has 0 radical (unpaired) electrons. The minimum absolute atomic E-state index is 0.0350. The standard InChI is InChI=1S/C16H29NO4/c1-12(2)9-15(3,4)10-13(18)17-16(11-14(19)20)5-7-21-8-6-16/h12H,5-11H2,1-4H3,(H,17,18)(H,19,20). The predicted octanol–water partition coefficient (Wildman–Crippen LogP) is 2.59. The average Bonchev–Trinajstić information content (AvgIpc) is 2.24. The molecule has 2 N–H and O–H groups in total. The first kappa shape index (κ1) is 18.0. The van der Waals surface area contributed by atoms with E-state index in [0.717, 1.165) is 6.42 Å². The SMILES string of the molecule is CC(C)CC(C)(C)CC(=O)NC1(CC(=O)O)CCOCC1. The van der Waals surface area contributed by atoms with Gasteiger partial charge in [0.05, 0.1) is 12.0 Å². The van der Waals surface area contributed by atoms with Crippen molar-refractivity contribution in [1.82, 2.24) is 5.32 Å². The van der Waals surface area contributed by atoms with Crippen molar-refractivity contribution in [2.75, 3.05) is 13.2 Å². The molecule has 0 atom stereocenters. The summed E-state index contributed by atoms with van der Waals surface area (Å²) in [6, 6.07) is 0. The monoisotopic (exact) mass is 299 g/mol. The first-order valence-electron chi connectivity index (χ1n) is 7.75. The first-order chi connectivity index (χ1) is 9.64. The van der Waals surface area contributed by atoms with Gasteiger partial charge in [-0.3, -0.25) is 9.59 Å². The molecule has 1 saturated heterocycles. The van der Waals surface area contributed by atoms with E-state index in [2.05, 4.69) is 33.0 Å². The second-order valence-corrected chi connectivity index (χ2v) is 7.45. The highest BCUT2D eigenvalue weighted by atomic mass is 16.5. The lowest BCUT2D eigenvalue weighted by Crippen LogP contribution is -2.53. The van der Waals surface area contributed by atoms with Crippen LogP contribution in [-0.4, -0.2) is 35.7 Å². The van der Waals surface area contributed by atoms with Gasteiger partial charge in [-0.15, -0.1) is 0 Å². The maximum Gasteiger partial charge on any atom is 0.305 e. The van der Waals surface area contributed by atoms with Crippen molar-refractivity contribution >= 4 is 11.9 Å². The van der Waals surface area contributed by atoms with E-state index in [-0.39, 0.29) is 17.7 Å². The Balaban J connectivity index is 2.66. The number of rotatable bonds is 7. The van der Waals surface area contributed by atoms with Crippen LogP contribution in [0.25, 0.3) is 0 Å². The van der Waals surface area contributed by atoms with Gasteiger partial charge in [-0.05, 0) is 30.6 Å². The highest BCUT2D eigenvalue weighted by Gasteiger charge is 2.37. The molecule has 0 aromatic rings. The first-order valence-corrected chi connectivity index (χ1v) is 7.75. The number of carbonyl (C=O) groups is 2. The zero-order valence-corrected chi connectivity index (χ0v) is 13.7. The van der Waals surface area contributed by atoms with Crippen LogP contribution in [0, 0.1) is 11.3 Å². The fraction of sp³-hybridized carbons (Fsp3) is 0.875. The van der Waals surface area contributed by atoms with Gasteiger partial charge in [0, 0.05) is 19.6 Å². The molecule has 1 heterocycles. The van der Waals surface area contributed by atoms with Crippen LogP contribution in [0.4, 0.5) is 0 Å². The third-order valence-corrected chi connectivity index (χ3v) is 3.94. The van der Waals surface area contributed by atoms with Crippen LogP contribution in [0.1, 0.15) is 59.8 Å². The van der Waals surface area contributed by atoms with Crippen LogP contribution in [0.2, 0.25) is 0 Å². The Hall–Kier alpha value is -1.10.